The van der Waals surface area contributed by atoms with Gasteiger partial charge in [-0.2, -0.15) is 0 Å². The summed E-state index contributed by atoms with van der Waals surface area (Å²) in [4.78, 5) is 20.5. The molecule has 70 valence electrons. The van der Waals surface area contributed by atoms with Gasteiger partial charge in [-0.25, -0.2) is 0 Å². The van der Waals surface area contributed by atoms with Gasteiger partial charge in [0.05, 0.1) is 6.61 Å². The van der Waals surface area contributed by atoms with Gasteiger partial charge in [0.2, 0.25) is 6.41 Å². The van der Waals surface area contributed by atoms with Crippen LogP contribution in [0.4, 0.5) is 0 Å². The highest BCUT2D eigenvalue weighted by Crippen LogP contribution is 1.93. The van der Waals surface area contributed by atoms with E-state index in [1.807, 2.05) is 0 Å². The Bertz CT molecular complexity index is 136. The zero-order valence-electron chi connectivity index (χ0n) is 7.34. The van der Waals surface area contributed by atoms with Crippen LogP contribution in [-0.2, 0) is 14.3 Å². The van der Waals surface area contributed by atoms with Gasteiger partial charge in [-0.1, -0.05) is 19.8 Å². The molecule has 0 atom stereocenters. The SMILES string of the molecule is CCCCCOC(=O)CNC=O. The van der Waals surface area contributed by atoms with Crippen molar-refractivity contribution in [3.63, 3.8) is 0 Å². The Morgan fingerprint density at radius 2 is 2.25 bits per heavy atom. The number of hydrogen-bond donors (Lipinski definition) is 1. The molecule has 0 aromatic rings. The van der Waals surface area contributed by atoms with E-state index in [-0.39, 0.29) is 12.5 Å². The van der Waals surface area contributed by atoms with Crippen LogP contribution < -0.4 is 5.32 Å². The molecular weight excluding hydrogens is 158 g/mol. The highest BCUT2D eigenvalue weighted by atomic mass is 16.5. The van der Waals surface area contributed by atoms with Crippen molar-refractivity contribution in [2.24, 2.45) is 0 Å². The Kier molecular flexibility index (Phi) is 7.33. The van der Waals surface area contributed by atoms with Gasteiger partial charge in [-0.15, -0.1) is 0 Å². The van der Waals surface area contributed by atoms with Crippen LogP contribution in [0.15, 0.2) is 0 Å². The maximum atomic E-state index is 10.7. The van der Waals surface area contributed by atoms with Gasteiger partial charge >= 0.3 is 5.97 Å². The van der Waals surface area contributed by atoms with Crippen LogP contribution in [0.2, 0.25) is 0 Å². The number of carbonyl (C=O) groups excluding carboxylic acids is 2. The molecule has 12 heavy (non-hydrogen) atoms. The van der Waals surface area contributed by atoms with E-state index in [0.717, 1.165) is 19.3 Å². The first-order valence-corrected chi connectivity index (χ1v) is 4.14. The molecule has 0 aliphatic carbocycles. The third-order valence-corrected chi connectivity index (χ3v) is 1.34. The third-order valence-electron chi connectivity index (χ3n) is 1.34. The summed E-state index contributed by atoms with van der Waals surface area (Å²) in [6.45, 7) is 2.50. The van der Waals surface area contributed by atoms with Crippen molar-refractivity contribution in [2.75, 3.05) is 13.2 Å². The lowest BCUT2D eigenvalue weighted by molar-refractivity contribution is -0.143. The number of esters is 1. The summed E-state index contributed by atoms with van der Waals surface area (Å²) < 4.78 is 4.79. The average Bonchev–Trinajstić information content (AvgIpc) is 2.09. The van der Waals surface area contributed by atoms with Gasteiger partial charge in [0, 0.05) is 0 Å². The normalized spacial score (nSPS) is 9.08. The predicted octanol–water partition coefficient (Wildman–Crippen LogP) is 0.466. The number of amides is 1. The fourth-order valence-electron chi connectivity index (χ4n) is 0.714. The van der Waals surface area contributed by atoms with Crippen molar-refractivity contribution in [3.05, 3.63) is 0 Å². The average molecular weight is 173 g/mol. The second-order valence-corrected chi connectivity index (χ2v) is 2.43. The molecule has 0 aromatic carbocycles. The number of hydrogen-bond acceptors (Lipinski definition) is 3. The van der Waals surface area contributed by atoms with E-state index in [0.29, 0.717) is 13.0 Å². The molecule has 4 heteroatoms. The molecule has 0 unspecified atom stereocenters. The Morgan fingerprint density at radius 1 is 1.50 bits per heavy atom. The van der Waals surface area contributed by atoms with Crippen LogP contribution in [0.1, 0.15) is 26.2 Å². The highest BCUT2D eigenvalue weighted by Gasteiger charge is 1.99. The second-order valence-electron chi connectivity index (χ2n) is 2.43. The van der Waals surface area contributed by atoms with Crippen molar-refractivity contribution in [3.8, 4) is 0 Å². The molecule has 0 radical (unpaired) electrons. The van der Waals surface area contributed by atoms with E-state index in [1.165, 1.54) is 0 Å². The molecule has 0 aliphatic rings. The van der Waals surface area contributed by atoms with Gasteiger partial charge in [0.15, 0.2) is 0 Å². The number of carbonyl (C=O) groups is 2. The fourth-order valence-corrected chi connectivity index (χ4v) is 0.714. The van der Waals surface area contributed by atoms with E-state index < -0.39 is 0 Å². The fraction of sp³-hybridized carbons (Fsp3) is 0.750. The maximum absolute atomic E-state index is 10.7. The zero-order chi connectivity index (χ0) is 9.23. The van der Waals surface area contributed by atoms with Crippen LogP contribution in [0.25, 0.3) is 0 Å². The van der Waals surface area contributed by atoms with Gasteiger partial charge in [0.1, 0.15) is 6.54 Å². The molecule has 0 bridgehead atoms. The van der Waals surface area contributed by atoms with Crippen molar-refractivity contribution in [1.82, 2.24) is 5.32 Å². The summed E-state index contributed by atoms with van der Waals surface area (Å²) in [5.41, 5.74) is 0. The van der Waals surface area contributed by atoms with Crippen LogP contribution >= 0.6 is 0 Å². The van der Waals surface area contributed by atoms with Crippen LogP contribution in [0.3, 0.4) is 0 Å². The summed E-state index contributed by atoms with van der Waals surface area (Å²) >= 11 is 0. The smallest absolute Gasteiger partial charge is 0.325 e. The molecule has 4 nitrogen and oxygen atoms in total. The van der Waals surface area contributed by atoms with E-state index in [1.54, 1.807) is 0 Å². The second kappa shape index (κ2) is 8.04. The van der Waals surface area contributed by atoms with Crippen LogP contribution in [0.5, 0.6) is 0 Å². The van der Waals surface area contributed by atoms with Crippen molar-refractivity contribution < 1.29 is 14.3 Å². The largest absolute Gasteiger partial charge is 0.464 e. The van der Waals surface area contributed by atoms with E-state index in [2.05, 4.69) is 12.2 Å². The lowest BCUT2D eigenvalue weighted by Crippen LogP contribution is -2.23. The molecule has 1 amide bonds. The maximum Gasteiger partial charge on any atom is 0.325 e. The van der Waals surface area contributed by atoms with Gasteiger partial charge < -0.3 is 10.1 Å². The van der Waals surface area contributed by atoms with Crippen molar-refractivity contribution in [1.29, 1.82) is 0 Å². The molecule has 0 saturated heterocycles. The summed E-state index contributed by atoms with van der Waals surface area (Å²) in [5, 5.41) is 2.23. The Hall–Kier alpha value is -1.06. The van der Waals surface area contributed by atoms with Gasteiger partial charge in [-0.3, -0.25) is 9.59 Å². The quantitative estimate of drug-likeness (QED) is 0.346. The number of rotatable bonds is 7. The summed E-state index contributed by atoms with van der Waals surface area (Å²) in [6.07, 6.45) is 3.54. The molecule has 0 fully saturated rings. The number of nitrogens with one attached hydrogen (secondary N) is 1. The minimum Gasteiger partial charge on any atom is -0.464 e. The van der Waals surface area contributed by atoms with E-state index in [9.17, 15) is 9.59 Å². The lowest BCUT2D eigenvalue weighted by atomic mass is 10.3. The molecule has 0 saturated carbocycles. The van der Waals surface area contributed by atoms with Crippen LogP contribution in [0, 0.1) is 0 Å². The first-order chi connectivity index (χ1) is 5.81. The zero-order valence-corrected chi connectivity index (χ0v) is 7.34. The summed E-state index contributed by atoms with van der Waals surface area (Å²) in [6, 6.07) is 0. The van der Waals surface area contributed by atoms with Gasteiger partial charge in [0.25, 0.3) is 0 Å². The molecule has 0 spiro atoms. The molecular formula is C8H15NO3. The Labute approximate surface area is 72.3 Å². The highest BCUT2D eigenvalue weighted by molar-refractivity contribution is 5.73. The number of ether oxygens (including phenoxy) is 1. The minimum atomic E-state index is -0.377. The van der Waals surface area contributed by atoms with E-state index >= 15 is 0 Å². The van der Waals surface area contributed by atoms with Crippen LogP contribution in [-0.4, -0.2) is 25.5 Å². The molecule has 0 rings (SSSR count). The van der Waals surface area contributed by atoms with Crippen molar-refractivity contribution >= 4 is 12.4 Å². The first kappa shape index (κ1) is 10.9. The third kappa shape index (κ3) is 7.05. The Morgan fingerprint density at radius 3 is 2.83 bits per heavy atom. The summed E-state index contributed by atoms with van der Waals surface area (Å²) in [5.74, 6) is -0.377. The monoisotopic (exact) mass is 173 g/mol. The van der Waals surface area contributed by atoms with Gasteiger partial charge in [-0.05, 0) is 6.42 Å². The number of unbranched alkanes of at least 4 members (excludes halogenated alkanes) is 2. The Balaban J connectivity index is 3.13. The standard InChI is InChI=1S/C8H15NO3/c1-2-3-4-5-12-8(11)6-9-7-10/h7H,2-6H2,1H3,(H,9,10). The molecule has 0 aromatic heterocycles. The lowest BCUT2D eigenvalue weighted by Gasteiger charge is -2.02. The topological polar surface area (TPSA) is 55.4 Å². The van der Waals surface area contributed by atoms with E-state index in [4.69, 9.17) is 4.74 Å². The first-order valence-electron chi connectivity index (χ1n) is 4.14. The molecule has 0 aliphatic heterocycles. The predicted molar refractivity (Wildman–Crippen MR) is 44.6 cm³/mol. The molecule has 1 N–H and O–H groups in total. The minimum absolute atomic E-state index is 0.0321. The van der Waals surface area contributed by atoms with Crippen molar-refractivity contribution in [2.45, 2.75) is 26.2 Å². The summed E-state index contributed by atoms with van der Waals surface area (Å²) in [7, 11) is 0. The molecule has 0 heterocycles.